The third kappa shape index (κ3) is 9.71. The van der Waals surface area contributed by atoms with Crippen LogP contribution in [0.5, 0.6) is 0 Å². The number of carbonyl (C=O) groups is 2. The lowest BCUT2D eigenvalue weighted by Gasteiger charge is -2.18. The minimum absolute atomic E-state index is 0.0289. The second kappa shape index (κ2) is 13.9. The lowest BCUT2D eigenvalue weighted by Crippen LogP contribution is -2.20. The molecular weight excluding hydrogens is 380 g/mol. The van der Waals surface area contributed by atoms with E-state index in [-0.39, 0.29) is 11.6 Å². The Balaban J connectivity index is 2.30. The highest BCUT2D eigenvalue weighted by Crippen LogP contribution is 2.27. The number of ketones is 2. The van der Waals surface area contributed by atoms with E-state index in [0.29, 0.717) is 28.7 Å². The summed E-state index contributed by atoms with van der Waals surface area (Å²) in [6.45, 7) is 16.9. The molecule has 0 saturated carbocycles. The Morgan fingerprint density at radius 3 is 1.74 bits per heavy atom. The third-order valence-electron chi connectivity index (χ3n) is 7.11. The molecule has 1 aliphatic rings. The van der Waals surface area contributed by atoms with E-state index in [1.807, 2.05) is 0 Å². The molecule has 0 amide bonds. The number of hydrogen-bond donors (Lipinski definition) is 0. The molecule has 0 spiro atoms. The van der Waals surface area contributed by atoms with Gasteiger partial charge in [0.25, 0.3) is 0 Å². The number of Topliss-reactive ketones (excluding diaryl/α,β-unsaturated/α-hetero) is 2. The molecule has 2 heteroatoms. The highest BCUT2D eigenvalue weighted by atomic mass is 16.1. The van der Waals surface area contributed by atoms with Gasteiger partial charge in [-0.2, -0.15) is 0 Å². The summed E-state index contributed by atoms with van der Waals surface area (Å²) in [6.07, 6.45) is 14.5. The summed E-state index contributed by atoms with van der Waals surface area (Å²) in [5.74, 6) is 2.56. The first-order chi connectivity index (χ1) is 14.5. The fourth-order valence-corrected chi connectivity index (χ4v) is 4.49. The Morgan fingerprint density at radius 2 is 1.19 bits per heavy atom. The van der Waals surface area contributed by atoms with Gasteiger partial charge in [-0.1, -0.05) is 84.3 Å². The van der Waals surface area contributed by atoms with Crippen molar-refractivity contribution in [3.8, 4) is 0 Å². The monoisotopic (exact) mass is 428 g/mol. The van der Waals surface area contributed by atoms with Gasteiger partial charge in [-0.15, -0.1) is 0 Å². The third-order valence-corrected chi connectivity index (χ3v) is 7.11. The zero-order valence-corrected chi connectivity index (χ0v) is 21.7. The van der Waals surface area contributed by atoms with Gasteiger partial charge in [-0.25, -0.2) is 0 Å². The molecule has 0 saturated heterocycles. The molecule has 0 aliphatic heterocycles. The van der Waals surface area contributed by atoms with E-state index in [4.69, 9.17) is 0 Å². The molecule has 31 heavy (non-hydrogen) atoms. The Hall–Kier alpha value is -1.44. The summed E-state index contributed by atoms with van der Waals surface area (Å²) in [7, 11) is 0. The summed E-state index contributed by atoms with van der Waals surface area (Å²) < 4.78 is 0. The number of carbonyl (C=O) groups excluding carboxylic acids is 2. The minimum atomic E-state index is 0.0289. The van der Waals surface area contributed by atoms with Gasteiger partial charge in [-0.05, 0) is 64.7 Å². The van der Waals surface area contributed by atoms with Crippen LogP contribution < -0.4 is 0 Å². The smallest absolute Gasteiger partial charge is 0.185 e. The quantitative estimate of drug-likeness (QED) is 0.205. The maximum atomic E-state index is 12.5. The second-order valence-corrected chi connectivity index (χ2v) is 10.6. The van der Waals surface area contributed by atoms with Crippen molar-refractivity contribution in [3.05, 3.63) is 33.9 Å². The molecule has 1 aliphatic carbocycles. The topological polar surface area (TPSA) is 34.1 Å². The van der Waals surface area contributed by atoms with Gasteiger partial charge in [0.15, 0.2) is 11.6 Å². The van der Waals surface area contributed by atoms with Crippen molar-refractivity contribution in [2.45, 2.75) is 120 Å². The first-order valence-electron chi connectivity index (χ1n) is 12.7. The van der Waals surface area contributed by atoms with E-state index in [1.54, 1.807) is 20.8 Å². The summed E-state index contributed by atoms with van der Waals surface area (Å²) in [6, 6.07) is 0. The van der Waals surface area contributed by atoms with E-state index >= 15 is 0 Å². The SMILES string of the molecule is CC(=CCC1=C(C)C(=O)C(C)=C(C)C1=O)CCCC(C)CCCC(C)CCCC(C)C. The van der Waals surface area contributed by atoms with E-state index in [9.17, 15) is 9.59 Å². The van der Waals surface area contributed by atoms with Crippen LogP contribution in [0.25, 0.3) is 0 Å². The fourth-order valence-electron chi connectivity index (χ4n) is 4.49. The molecule has 2 nitrogen and oxygen atoms in total. The maximum Gasteiger partial charge on any atom is 0.185 e. The fraction of sp³-hybridized carbons (Fsp3) is 0.724. The lowest BCUT2D eigenvalue weighted by atomic mass is 9.84. The van der Waals surface area contributed by atoms with E-state index in [2.05, 4.69) is 40.7 Å². The number of rotatable bonds is 14. The molecule has 0 fully saturated rings. The van der Waals surface area contributed by atoms with Crippen LogP contribution in [0.2, 0.25) is 0 Å². The van der Waals surface area contributed by atoms with Gasteiger partial charge in [0.1, 0.15) is 0 Å². The summed E-state index contributed by atoms with van der Waals surface area (Å²) in [5, 5.41) is 0. The van der Waals surface area contributed by atoms with Crippen LogP contribution in [0.15, 0.2) is 33.9 Å². The van der Waals surface area contributed by atoms with Gasteiger partial charge in [0.05, 0.1) is 0 Å². The number of hydrogen-bond acceptors (Lipinski definition) is 2. The van der Waals surface area contributed by atoms with Crippen LogP contribution in [0.3, 0.4) is 0 Å². The zero-order valence-electron chi connectivity index (χ0n) is 21.7. The molecule has 1 rings (SSSR count). The normalized spacial score (nSPS) is 17.8. The Kier molecular flexibility index (Phi) is 12.3. The van der Waals surface area contributed by atoms with Gasteiger partial charge < -0.3 is 0 Å². The number of allylic oxidation sites excluding steroid dienone is 6. The molecule has 2 unspecified atom stereocenters. The average Bonchev–Trinajstić information content (AvgIpc) is 2.70. The molecule has 0 N–H and O–H groups in total. The van der Waals surface area contributed by atoms with Crippen LogP contribution in [-0.4, -0.2) is 11.6 Å². The van der Waals surface area contributed by atoms with Crippen LogP contribution >= 0.6 is 0 Å². The Bertz CT molecular complexity index is 702. The van der Waals surface area contributed by atoms with Gasteiger partial charge in [-0.3, -0.25) is 9.59 Å². The van der Waals surface area contributed by atoms with Crippen molar-refractivity contribution >= 4 is 11.6 Å². The summed E-state index contributed by atoms with van der Waals surface area (Å²) in [5.41, 5.74) is 3.86. The zero-order chi connectivity index (χ0) is 23.6. The molecule has 0 bridgehead atoms. The molecule has 0 aromatic rings. The van der Waals surface area contributed by atoms with Crippen molar-refractivity contribution in [1.29, 1.82) is 0 Å². The minimum Gasteiger partial charge on any atom is -0.289 e. The Morgan fingerprint density at radius 1 is 0.710 bits per heavy atom. The van der Waals surface area contributed by atoms with Crippen molar-refractivity contribution in [1.82, 2.24) is 0 Å². The highest BCUT2D eigenvalue weighted by molar-refractivity contribution is 6.24. The van der Waals surface area contributed by atoms with Crippen molar-refractivity contribution < 1.29 is 9.59 Å². The van der Waals surface area contributed by atoms with Crippen molar-refractivity contribution in [2.75, 3.05) is 0 Å². The molecule has 0 aromatic carbocycles. The predicted molar refractivity (Wildman–Crippen MR) is 134 cm³/mol. The predicted octanol–water partition coefficient (Wildman–Crippen LogP) is 8.57. The van der Waals surface area contributed by atoms with Gasteiger partial charge >= 0.3 is 0 Å². The van der Waals surface area contributed by atoms with Gasteiger partial charge in [0.2, 0.25) is 0 Å². The van der Waals surface area contributed by atoms with Crippen molar-refractivity contribution in [3.63, 3.8) is 0 Å². The first-order valence-corrected chi connectivity index (χ1v) is 12.7. The van der Waals surface area contributed by atoms with Crippen LogP contribution in [0.1, 0.15) is 120 Å². The molecule has 0 aromatic heterocycles. The first kappa shape index (κ1) is 27.6. The van der Waals surface area contributed by atoms with E-state index in [0.717, 1.165) is 24.2 Å². The molecule has 176 valence electrons. The van der Waals surface area contributed by atoms with Gasteiger partial charge in [0, 0.05) is 22.3 Å². The largest absolute Gasteiger partial charge is 0.289 e. The van der Waals surface area contributed by atoms with Crippen LogP contribution in [-0.2, 0) is 9.59 Å². The second-order valence-electron chi connectivity index (χ2n) is 10.6. The van der Waals surface area contributed by atoms with Crippen molar-refractivity contribution in [2.24, 2.45) is 17.8 Å². The molecule has 0 radical (unpaired) electrons. The molecule has 0 heterocycles. The average molecular weight is 429 g/mol. The Labute approximate surface area is 192 Å². The summed E-state index contributed by atoms with van der Waals surface area (Å²) >= 11 is 0. The maximum absolute atomic E-state index is 12.5. The standard InChI is InChI=1S/C29H48O2/c1-20(2)12-9-13-21(3)14-10-15-22(4)16-11-17-23(5)18-19-27-26(8)28(30)24(6)25(7)29(27)31/h18,20-22H,9-17,19H2,1-8H3. The van der Waals surface area contributed by atoms with E-state index < -0.39 is 0 Å². The molecule has 2 atom stereocenters. The summed E-state index contributed by atoms with van der Waals surface area (Å²) in [4.78, 5) is 24.8. The molecular formula is C29H48O2. The highest BCUT2D eigenvalue weighted by Gasteiger charge is 2.26. The van der Waals surface area contributed by atoms with E-state index in [1.165, 1.54) is 56.9 Å². The van der Waals surface area contributed by atoms with Crippen LogP contribution in [0.4, 0.5) is 0 Å². The lowest BCUT2D eigenvalue weighted by molar-refractivity contribution is -0.116. The van der Waals surface area contributed by atoms with Crippen LogP contribution in [0, 0.1) is 17.8 Å².